The van der Waals surface area contributed by atoms with Gasteiger partial charge in [-0.1, -0.05) is 18.2 Å². The van der Waals surface area contributed by atoms with E-state index in [2.05, 4.69) is 0 Å². The lowest BCUT2D eigenvalue weighted by molar-refractivity contribution is -0.210. The van der Waals surface area contributed by atoms with Gasteiger partial charge < -0.3 is 9.84 Å². The maximum atomic E-state index is 11.1. The molecule has 1 aliphatic heterocycles. The average Bonchev–Trinajstić information content (AvgIpc) is 2.45. The third kappa shape index (κ3) is 4.22. The van der Waals surface area contributed by atoms with Crippen LogP contribution in [0, 0.1) is 0 Å². The number of para-hydroxylation sites is 1. The van der Waals surface area contributed by atoms with Gasteiger partial charge >= 0.3 is 5.97 Å². The van der Waals surface area contributed by atoms with Gasteiger partial charge in [0.25, 0.3) is 0 Å². The van der Waals surface area contributed by atoms with Crippen LogP contribution in [0.2, 0.25) is 0 Å². The second-order valence-corrected chi connectivity index (χ2v) is 4.49. The number of hydroxylamine groups is 2. The van der Waals surface area contributed by atoms with E-state index in [4.69, 9.17) is 14.7 Å². The molecule has 0 saturated carbocycles. The SMILES string of the molecule is O=C(O)C1CCCCN1OCCOc1ccccc1. The molecule has 5 heteroatoms. The van der Waals surface area contributed by atoms with Gasteiger partial charge in [-0.3, -0.25) is 9.63 Å². The smallest absolute Gasteiger partial charge is 0.323 e. The zero-order valence-electron chi connectivity index (χ0n) is 10.8. The zero-order valence-corrected chi connectivity index (χ0v) is 10.8. The molecule has 1 heterocycles. The molecule has 0 bridgehead atoms. The lowest BCUT2D eigenvalue weighted by Gasteiger charge is -2.31. The minimum Gasteiger partial charge on any atom is -0.491 e. The van der Waals surface area contributed by atoms with Gasteiger partial charge in [-0.15, -0.1) is 0 Å². The molecule has 1 saturated heterocycles. The molecular weight excluding hydrogens is 246 g/mol. The lowest BCUT2D eigenvalue weighted by atomic mass is 10.1. The van der Waals surface area contributed by atoms with Crippen LogP contribution in [0.25, 0.3) is 0 Å². The Morgan fingerprint density at radius 3 is 2.79 bits per heavy atom. The lowest BCUT2D eigenvalue weighted by Crippen LogP contribution is -2.45. The van der Waals surface area contributed by atoms with E-state index in [9.17, 15) is 4.79 Å². The molecule has 1 unspecified atom stereocenters. The first-order chi connectivity index (χ1) is 9.27. The Morgan fingerprint density at radius 2 is 2.05 bits per heavy atom. The van der Waals surface area contributed by atoms with Crippen molar-refractivity contribution in [1.82, 2.24) is 5.06 Å². The Kier molecular flexibility index (Phi) is 5.18. The second-order valence-electron chi connectivity index (χ2n) is 4.49. The monoisotopic (exact) mass is 265 g/mol. The molecule has 1 aromatic rings. The fourth-order valence-electron chi connectivity index (χ4n) is 2.14. The molecule has 19 heavy (non-hydrogen) atoms. The summed E-state index contributed by atoms with van der Waals surface area (Å²) in [4.78, 5) is 16.6. The summed E-state index contributed by atoms with van der Waals surface area (Å²) in [7, 11) is 0. The van der Waals surface area contributed by atoms with E-state index in [1.54, 1.807) is 5.06 Å². The number of carboxylic acids is 1. The molecule has 1 N–H and O–H groups in total. The van der Waals surface area contributed by atoms with Crippen LogP contribution in [0.5, 0.6) is 5.75 Å². The fraction of sp³-hybridized carbons (Fsp3) is 0.500. The summed E-state index contributed by atoms with van der Waals surface area (Å²) in [6.07, 6.45) is 2.57. The van der Waals surface area contributed by atoms with Gasteiger partial charge in [0, 0.05) is 6.54 Å². The van der Waals surface area contributed by atoms with E-state index < -0.39 is 12.0 Å². The van der Waals surface area contributed by atoms with E-state index in [0.29, 0.717) is 26.2 Å². The largest absolute Gasteiger partial charge is 0.491 e. The number of nitrogens with zero attached hydrogens (tertiary/aromatic N) is 1. The molecular formula is C14H19NO4. The van der Waals surface area contributed by atoms with Crippen molar-refractivity contribution in [2.75, 3.05) is 19.8 Å². The van der Waals surface area contributed by atoms with Gasteiger partial charge in [-0.05, 0) is 31.4 Å². The quantitative estimate of drug-likeness (QED) is 0.796. The van der Waals surface area contributed by atoms with E-state index in [-0.39, 0.29) is 0 Å². The number of hydrogen-bond acceptors (Lipinski definition) is 4. The van der Waals surface area contributed by atoms with Crippen molar-refractivity contribution in [3.8, 4) is 5.75 Å². The van der Waals surface area contributed by atoms with Crippen LogP contribution in [-0.2, 0) is 9.63 Å². The van der Waals surface area contributed by atoms with E-state index >= 15 is 0 Å². The number of aliphatic carboxylic acids is 1. The molecule has 1 fully saturated rings. The average molecular weight is 265 g/mol. The van der Waals surface area contributed by atoms with Crippen LogP contribution in [0.4, 0.5) is 0 Å². The molecule has 1 aliphatic rings. The predicted molar refractivity (Wildman–Crippen MR) is 69.9 cm³/mol. The third-order valence-corrected chi connectivity index (χ3v) is 3.09. The number of hydrogen-bond donors (Lipinski definition) is 1. The van der Waals surface area contributed by atoms with Crippen molar-refractivity contribution < 1.29 is 19.5 Å². The van der Waals surface area contributed by atoms with Gasteiger partial charge in [-0.2, -0.15) is 5.06 Å². The molecule has 0 spiro atoms. The van der Waals surface area contributed by atoms with E-state index in [1.165, 1.54) is 0 Å². The molecule has 0 aliphatic carbocycles. The van der Waals surface area contributed by atoms with Gasteiger partial charge in [0.2, 0.25) is 0 Å². The normalized spacial score (nSPS) is 20.1. The van der Waals surface area contributed by atoms with Crippen molar-refractivity contribution in [3.63, 3.8) is 0 Å². The Morgan fingerprint density at radius 1 is 1.26 bits per heavy atom. The Bertz CT molecular complexity index is 396. The molecule has 2 rings (SSSR count). The molecule has 0 radical (unpaired) electrons. The Balaban J connectivity index is 1.71. The predicted octanol–water partition coefficient (Wildman–Crippen LogP) is 1.94. The van der Waals surface area contributed by atoms with Crippen LogP contribution in [0.3, 0.4) is 0 Å². The number of carboxylic acid groups (broad SMARTS) is 1. The van der Waals surface area contributed by atoms with Crippen molar-refractivity contribution in [2.24, 2.45) is 0 Å². The Hall–Kier alpha value is -1.59. The van der Waals surface area contributed by atoms with Crippen LogP contribution in [0.1, 0.15) is 19.3 Å². The van der Waals surface area contributed by atoms with E-state index in [1.807, 2.05) is 30.3 Å². The van der Waals surface area contributed by atoms with Gasteiger partial charge in [-0.25, -0.2) is 0 Å². The van der Waals surface area contributed by atoms with Crippen molar-refractivity contribution in [1.29, 1.82) is 0 Å². The van der Waals surface area contributed by atoms with Crippen LogP contribution < -0.4 is 4.74 Å². The highest BCUT2D eigenvalue weighted by Crippen LogP contribution is 2.17. The highest BCUT2D eigenvalue weighted by Gasteiger charge is 2.29. The molecule has 5 nitrogen and oxygen atoms in total. The minimum atomic E-state index is -0.816. The number of ether oxygens (including phenoxy) is 1. The maximum absolute atomic E-state index is 11.1. The number of carbonyl (C=O) groups is 1. The fourth-order valence-corrected chi connectivity index (χ4v) is 2.14. The number of benzene rings is 1. The van der Waals surface area contributed by atoms with Crippen LogP contribution >= 0.6 is 0 Å². The van der Waals surface area contributed by atoms with Crippen molar-refractivity contribution in [3.05, 3.63) is 30.3 Å². The number of rotatable bonds is 6. The van der Waals surface area contributed by atoms with Gasteiger partial charge in [0.1, 0.15) is 25.0 Å². The third-order valence-electron chi connectivity index (χ3n) is 3.09. The van der Waals surface area contributed by atoms with Crippen LogP contribution in [0.15, 0.2) is 30.3 Å². The van der Waals surface area contributed by atoms with Gasteiger partial charge in [0.05, 0.1) is 0 Å². The first-order valence-corrected chi connectivity index (χ1v) is 6.57. The Labute approximate surface area is 112 Å². The summed E-state index contributed by atoms with van der Waals surface area (Å²) in [5.74, 6) is -0.0248. The summed E-state index contributed by atoms with van der Waals surface area (Å²) < 4.78 is 5.49. The zero-order chi connectivity index (χ0) is 13.5. The molecule has 1 atom stereocenters. The highest BCUT2D eigenvalue weighted by atomic mass is 16.7. The van der Waals surface area contributed by atoms with Crippen molar-refractivity contribution in [2.45, 2.75) is 25.3 Å². The summed E-state index contributed by atoms with van der Waals surface area (Å²) >= 11 is 0. The first kappa shape index (κ1) is 13.8. The summed E-state index contributed by atoms with van der Waals surface area (Å²) in [6.45, 7) is 1.44. The molecule has 104 valence electrons. The highest BCUT2D eigenvalue weighted by molar-refractivity contribution is 5.73. The second kappa shape index (κ2) is 7.11. The van der Waals surface area contributed by atoms with E-state index in [0.717, 1.165) is 18.6 Å². The minimum absolute atomic E-state index is 0.360. The standard InChI is InChI=1S/C14H19NO4/c16-14(17)13-8-4-5-9-15(13)19-11-10-18-12-6-2-1-3-7-12/h1-3,6-7,13H,4-5,8-11H2,(H,16,17). The summed E-state index contributed by atoms with van der Waals surface area (Å²) in [5.41, 5.74) is 0. The molecule has 1 aromatic carbocycles. The topological polar surface area (TPSA) is 59.0 Å². The number of piperidine rings is 1. The molecule has 0 amide bonds. The van der Waals surface area contributed by atoms with Crippen LogP contribution in [-0.4, -0.2) is 41.9 Å². The maximum Gasteiger partial charge on any atom is 0.323 e. The summed E-state index contributed by atoms with van der Waals surface area (Å²) in [5, 5.41) is 10.7. The molecule has 0 aromatic heterocycles. The summed E-state index contributed by atoms with van der Waals surface area (Å²) in [6, 6.07) is 8.96. The van der Waals surface area contributed by atoms with Gasteiger partial charge in [0.15, 0.2) is 0 Å². The van der Waals surface area contributed by atoms with Crippen molar-refractivity contribution >= 4 is 5.97 Å². The first-order valence-electron chi connectivity index (χ1n) is 6.57.